The number of carbonyl (C=O) groups excluding carboxylic acids is 1. The summed E-state index contributed by atoms with van der Waals surface area (Å²) < 4.78 is 27.2. The summed E-state index contributed by atoms with van der Waals surface area (Å²) in [5, 5.41) is 5.74. The maximum atomic E-state index is 12.8. The molecule has 1 heterocycles. The first-order valence-electron chi connectivity index (χ1n) is 8.66. The number of rotatable bonds is 7. The molecule has 1 aromatic carbocycles. The molecule has 7 nitrogen and oxygen atoms in total. The molecule has 2 rings (SSSR count). The van der Waals surface area contributed by atoms with E-state index in [-0.39, 0.29) is 16.7 Å². The fourth-order valence-corrected chi connectivity index (χ4v) is 4.30. The summed E-state index contributed by atoms with van der Waals surface area (Å²) in [6.07, 6.45) is 0. The maximum absolute atomic E-state index is 12.8. The van der Waals surface area contributed by atoms with Gasteiger partial charge in [-0.25, -0.2) is 8.42 Å². The summed E-state index contributed by atoms with van der Waals surface area (Å²) >= 11 is 0. The van der Waals surface area contributed by atoms with Crippen molar-refractivity contribution in [3.8, 4) is 0 Å². The molecule has 8 heteroatoms. The predicted molar refractivity (Wildman–Crippen MR) is 99.0 cm³/mol. The zero-order chi connectivity index (χ0) is 18.4. The lowest BCUT2D eigenvalue weighted by molar-refractivity contribution is -0.119. The van der Waals surface area contributed by atoms with E-state index in [1.54, 1.807) is 25.2 Å². The molecule has 1 aliphatic rings. The molecule has 1 atom stereocenters. The Bertz CT molecular complexity index is 685. The number of carbonyl (C=O) groups is 1. The Morgan fingerprint density at radius 1 is 1.24 bits per heavy atom. The van der Waals surface area contributed by atoms with E-state index < -0.39 is 10.0 Å². The number of amides is 1. The molecule has 0 bridgehead atoms. The zero-order valence-electron chi connectivity index (χ0n) is 15.2. The number of nitrogens with one attached hydrogen (secondary N) is 2. The van der Waals surface area contributed by atoms with Gasteiger partial charge in [-0.15, -0.1) is 0 Å². The van der Waals surface area contributed by atoms with Crippen LogP contribution in [0.4, 0.5) is 5.69 Å². The van der Waals surface area contributed by atoms with E-state index in [9.17, 15) is 13.2 Å². The van der Waals surface area contributed by atoms with Gasteiger partial charge in [-0.05, 0) is 31.8 Å². The van der Waals surface area contributed by atoms with Crippen molar-refractivity contribution in [2.45, 2.75) is 18.7 Å². The smallest absolute Gasteiger partial charge is 0.243 e. The van der Waals surface area contributed by atoms with Gasteiger partial charge in [0, 0.05) is 44.3 Å². The van der Waals surface area contributed by atoms with Crippen molar-refractivity contribution >= 4 is 21.6 Å². The molecule has 1 aromatic rings. The number of sulfonamides is 1. The molecule has 1 fully saturated rings. The molecule has 1 amide bonds. The van der Waals surface area contributed by atoms with E-state index in [1.165, 1.54) is 10.4 Å². The van der Waals surface area contributed by atoms with E-state index in [1.807, 2.05) is 6.92 Å². The molecule has 0 aliphatic carbocycles. The standard InChI is InChI=1S/C17H28N4O3S/c1-4-20-8-10-21(11-9-20)25(23,24)16-7-5-6-15(12-16)19-17(22)14(2)13-18-3/h5-7,12,14,18H,4,8-11,13H2,1-3H3,(H,19,22). The van der Waals surface area contributed by atoms with Crippen LogP contribution in [0.25, 0.3) is 0 Å². The summed E-state index contributed by atoms with van der Waals surface area (Å²) in [6.45, 7) is 7.86. The van der Waals surface area contributed by atoms with Crippen molar-refractivity contribution in [1.82, 2.24) is 14.5 Å². The topological polar surface area (TPSA) is 81.8 Å². The van der Waals surface area contributed by atoms with Crippen molar-refractivity contribution in [3.05, 3.63) is 24.3 Å². The average molecular weight is 369 g/mol. The van der Waals surface area contributed by atoms with Crippen molar-refractivity contribution in [2.75, 3.05) is 51.6 Å². The van der Waals surface area contributed by atoms with Crippen LogP contribution in [-0.2, 0) is 14.8 Å². The molecule has 0 radical (unpaired) electrons. The molecule has 0 spiro atoms. The largest absolute Gasteiger partial charge is 0.326 e. The minimum atomic E-state index is -3.54. The number of benzene rings is 1. The first-order chi connectivity index (χ1) is 11.9. The molecule has 1 saturated heterocycles. The molecule has 1 aliphatic heterocycles. The van der Waals surface area contributed by atoms with Crippen molar-refractivity contribution in [2.24, 2.45) is 5.92 Å². The monoisotopic (exact) mass is 368 g/mol. The molecule has 0 aromatic heterocycles. The minimum Gasteiger partial charge on any atom is -0.326 e. The number of hydrogen-bond acceptors (Lipinski definition) is 5. The van der Waals surface area contributed by atoms with Gasteiger partial charge in [0.25, 0.3) is 0 Å². The van der Waals surface area contributed by atoms with E-state index >= 15 is 0 Å². The highest BCUT2D eigenvalue weighted by Crippen LogP contribution is 2.21. The van der Waals surface area contributed by atoms with Crippen LogP contribution in [0, 0.1) is 5.92 Å². The maximum Gasteiger partial charge on any atom is 0.243 e. The van der Waals surface area contributed by atoms with Crippen LogP contribution in [0.2, 0.25) is 0 Å². The van der Waals surface area contributed by atoms with E-state index in [2.05, 4.69) is 22.5 Å². The summed E-state index contributed by atoms with van der Waals surface area (Å²) in [6, 6.07) is 6.48. The normalized spacial score (nSPS) is 18.0. The third-order valence-electron chi connectivity index (χ3n) is 4.48. The summed E-state index contributed by atoms with van der Waals surface area (Å²) in [5.74, 6) is -0.340. The number of hydrogen-bond donors (Lipinski definition) is 2. The highest BCUT2D eigenvalue weighted by molar-refractivity contribution is 7.89. The Kier molecular flexibility index (Phi) is 6.95. The first-order valence-corrected chi connectivity index (χ1v) is 10.1. The van der Waals surface area contributed by atoms with Crippen LogP contribution in [0.15, 0.2) is 29.2 Å². The predicted octanol–water partition coefficient (Wildman–Crippen LogP) is 0.807. The Hall–Kier alpha value is -1.48. The lowest BCUT2D eigenvalue weighted by atomic mass is 10.1. The van der Waals surface area contributed by atoms with E-state index in [0.717, 1.165) is 19.6 Å². The number of anilines is 1. The van der Waals surface area contributed by atoms with Crippen molar-refractivity contribution in [3.63, 3.8) is 0 Å². The molecule has 140 valence electrons. The Labute approximate surface area is 150 Å². The molecule has 2 N–H and O–H groups in total. The quantitative estimate of drug-likeness (QED) is 0.744. The molecule has 0 saturated carbocycles. The van der Waals surface area contributed by atoms with E-state index in [4.69, 9.17) is 0 Å². The summed E-state index contributed by atoms with van der Waals surface area (Å²) in [4.78, 5) is 14.6. The number of piperazine rings is 1. The second-order valence-corrected chi connectivity index (χ2v) is 8.25. The van der Waals surface area contributed by atoms with Gasteiger partial charge in [-0.1, -0.05) is 19.9 Å². The van der Waals surface area contributed by atoms with Gasteiger partial charge in [-0.3, -0.25) is 4.79 Å². The SMILES string of the molecule is CCN1CCN(S(=O)(=O)c2cccc(NC(=O)C(C)CNC)c2)CC1. The second kappa shape index (κ2) is 8.75. The van der Waals surface area contributed by atoms with Gasteiger partial charge < -0.3 is 15.5 Å². The fraction of sp³-hybridized carbons (Fsp3) is 0.588. The minimum absolute atomic E-state index is 0.138. The van der Waals surface area contributed by atoms with Gasteiger partial charge in [0.05, 0.1) is 4.90 Å². The first kappa shape index (κ1) is 19.8. The summed E-state index contributed by atoms with van der Waals surface area (Å²) in [7, 11) is -1.75. The Morgan fingerprint density at radius 2 is 1.92 bits per heavy atom. The Balaban J connectivity index is 2.10. The van der Waals surface area contributed by atoms with Crippen LogP contribution in [0.3, 0.4) is 0 Å². The number of nitrogens with zero attached hydrogens (tertiary/aromatic N) is 2. The third-order valence-corrected chi connectivity index (χ3v) is 6.37. The molecular formula is C17H28N4O3S. The highest BCUT2D eigenvalue weighted by Gasteiger charge is 2.28. The molecule has 1 unspecified atom stereocenters. The third kappa shape index (κ3) is 5.01. The Morgan fingerprint density at radius 3 is 2.52 bits per heavy atom. The van der Waals surface area contributed by atoms with E-state index in [0.29, 0.717) is 25.3 Å². The van der Waals surface area contributed by atoms with Crippen LogP contribution < -0.4 is 10.6 Å². The van der Waals surface area contributed by atoms with Gasteiger partial charge >= 0.3 is 0 Å². The zero-order valence-corrected chi connectivity index (χ0v) is 16.0. The van der Waals surface area contributed by atoms with Crippen LogP contribution in [0.1, 0.15) is 13.8 Å². The molecule has 25 heavy (non-hydrogen) atoms. The van der Waals surface area contributed by atoms with Crippen molar-refractivity contribution < 1.29 is 13.2 Å². The van der Waals surface area contributed by atoms with Crippen molar-refractivity contribution in [1.29, 1.82) is 0 Å². The average Bonchev–Trinajstić information content (AvgIpc) is 2.62. The van der Waals surface area contributed by atoms with Gasteiger partial charge in [0.2, 0.25) is 15.9 Å². The fourth-order valence-electron chi connectivity index (χ4n) is 2.83. The lowest BCUT2D eigenvalue weighted by Crippen LogP contribution is -2.48. The van der Waals surface area contributed by atoms with Crippen LogP contribution >= 0.6 is 0 Å². The lowest BCUT2D eigenvalue weighted by Gasteiger charge is -2.33. The van der Waals surface area contributed by atoms with Gasteiger partial charge in [0.15, 0.2) is 0 Å². The van der Waals surface area contributed by atoms with Crippen LogP contribution in [0.5, 0.6) is 0 Å². The highest BCUT2D eigenvalue weighted by atomic mass is 32.2. The molecular weight excluding hydrogens is 340 g/mol. The second-order valence-electron chi connectivity index (χ2n) is 6.31. The summed E-state index contributed by atoms with van der Waals surface area (Å²) in [5.41, 5.74) is 0.501. The van der Waals surface area contributed by atoms with Gasteiger partial charge in [0.1, 0.15) is 0 Å². The van der Waals surface area contributed by atoms with Gasteiger partial charge in [-0.2, -0.15) is 4.31 Å². The number of likely N-dealkylation sites (N-methyl/N-ethyl adjacent to an activating group) is 1. The van der Waals surface area contributed by atoms with Crippen LogP contribution in [-0.4, -0.2) is 69.8 Å².